The fraction of sp³-hybridized carbons (Fsp3) is 0.273. The fourth-order valence-corrected chi connectivity index (χ4v) is 4.86. The van der Waals surface area contributed by atoms with Crippen LogP contribution < -0.4 is 15.2 Å². The number of methoxy groups -OCH3 is 1. The summed E-state index contributed by atoms with van der Waals surface area (Å²) in [6.45, 7) is 1.50. The number of piperidine rings is 1. The van der Waals surface area contributed by atoms with Gasteiger partial charge in [0.15, 0.2) is 0 Å². The predicted molar refractivity (Wildman–Crippen MR) is 117 cm³/mol. The van der Waals surface area contributed by atoms with Crippen molar-refractivity contribution in [3.8, 4) is 16.5 Å². The zero-order valence-corrected chi connectivity index (χ0v) is 16.8. The van der Waals surface area contributed by atoms with Crippen LogP contribution in [-0.4, -0.2) is 41.4 Å². The number of H-pyrrole nitrogens is 1. The van der Waals surface area contributed by atoms with Crippen molar-refractivity contribution in [3.05, 3.63) is 52.8 Å². The summed E-state index contributed by atoms with van der Waals surface area (Å²) in [5.74, 6) is 0.787. The monoisotopic (exact) mass is 407 g/mol. The molecule has 0 bridgehead atoms. The molecule has 0 radical (unpaired) electrons. The smallest absolute Gasteiger partial charge is 0.256 e. The number of pyridine rings is 1. The van der Waals surface area contributed by atoms with Gasteiger partial charge in [-0.15, -0.1) is 11.3 Å². The SMILES string of the molecule is COc1ccc2nc(-c3cc4ccc(N5CCCC(O)C5)cc4c(=O)[nH]3)sc2c1. The Hall–Kier alpha value is -2.90. The number of nitrogens with one attached hydrogen (secondary N) is 1. The molecule has 7 heteroatoms. The Morgan fingerprint density at radius 2 is 2.14 bits per heavy atom. The van der Waals surface area contributed by atoms with E-state index in [1.807, 2.05) is 42.5 Å². The van der Waals surface area contributed by atoms with Crippen molar-refractivity contribution in [1.29, 1.82) is 0 Å². The number of nitrogens with zero attached hydrogens (tertiary/aromatic N) is 2. The minimum absolute atomic E-state index is 0.131. The first-order valence-corrected chi connectivity index (χ1v) is 10.5. The second-order valence-electron chi connectivity index (χ2n) is 7.38. The number of ether oxygens (including phenoxy) is 1. The summed E-state index contributed by atoms with van der Waals surface area (Å²) < 4.78 is 6.30. The summed E-state index contributed by atoms with van der Waals surface area (Å²) in [6.07, 6.45) is 1.48. The quantitative estimate of drug-likeness (QED) is 0.540. The summed E-state index contributed by atoms with van der Waals surface area (Å²) in [7, 11) is 1.64. The van der Waals surface area contributed by atoms with Crippen LogP contribution in [0.3, 0.4) is 0 Å². The maximum atomic E-state index is 12.8. The number of hydrogen-bond donors (Lipinski definition) is 2. The van der Waals surface area contributed by atoms with Crippen LogP contribution in [0.5, 0.6) is 5.75 Å². The van der Waals surface area contributed by atoms with Gasteiger partial charge in [-0.1, -0.05) is 6.07 Å². The van der Waals surface area contributed by atoms with Gasteiger partial charge >= 0.3 is 0 Å². The number of fused-ring (bicyclic) bond motifs is 2. The molecule has 0 saturated carbocycles. The molecule has 0 aliphatic carbocycles. The molecular formula is C22H21N3O3S. The van der Waals surface area contributed by atoms with Crippen LogP contribution in [0.4, 0.5) is 5.69 Å². The van der Waals surface area contributed by atoms with Crippen LogP contribution in [0.25, 0.3) is 31.7 Å². The zero-order valence-electron chi connectivity index (χ0n) is 16.0. The van der Waals surface area contributed by atoms with E-state index in [0.717, 1.165) is 51.4 Å². The van der Waals surface area contributed by atoms with Crippen LogP contribution in [0.15, 0.2) is 47.3 Å². The molecule has 148 valence electrons. The number of aliphatic hydroxyl groups is 1. The zero-order chi connectivity index (χ0) is 20.0. The van der Waals surface area contributed by atoms with Crippen molar-refractivity contribution in [2.24, 2.45) is 0 Å². The molecule has 6 nitrogen and oxygen atoms in total. The Morgan fingerprint density at radius 1 is 1.24 bits per heavy atom. The number of aromatic amines is 1. The number of benzene rings is 2. The third-order valence-electron chi connectivity index (χ3n) is 5.42. The van der Waals surface area contributed by atoms with E-state index >= 15 is 0 Å². The first-order valence-electron chi connectivity index (χ1n) is 9.66. The lowest BCUT2D eigenvalue weighted by Gasteiger charge is -2.32. The van der Waals surface area contributed by atoms with Crippen LogP contribution >= 0.6 is 11.3 Å². The molecule has 1 unspecified atom stereocenters. The Bertz CT molecular complexity index is 1260. The lowest BCUT2D eigenvalue weighted by Crippen LogP contribution is -2.38. The van der Waals surface area contributed by atoms with Gasteiger partial charge in [0.1, 0.15) is 10.8 Å². The molecule has 0 spiro atoms. The van der Waals surface area contributed by atoms with E-state index in [2.05, 4.69) is 14.9 Å². The highest BCUT2D eigenvalue weighted by Gasteiger charge is 2.19. The van der Waals surface area contributed by atoms with Gasteiger partial charge in [0.05, 0.1) is 29.1 Å². The van der Waals surface area contributed by atoms with E-state index in [0.29, 0.717) is 17.6 Å². The maximum absolute atomic E-state index is 12.8. The summed E-state index contributed by atoms with van der Waals surface area (Å²) in [5, 5.41) is 12.2. The van der Waals surface area contributed by atoms with E-state index < -0.39 is 0 Å². The third kappa shape index (κ3) is 3.36. The van der Waals surface area contributed by atoms with Crippen LogP contribution in [0.2, 0.25) is 0 Å². The fourth-order valence-electron chi connectivity index (χ4n) is 3.90. The number of β-amino-alcohol motifs (C(OH)–C–C–N with tert-alkyl or cyclic N) is 1. The predicted octanol–water partition coefficient (Wildman–Crippen LogP) is 3.77. The second kappa shape index (κ2) is 7.17. The van der Waals surface area contributed by atoms with E-state index in [1.54, 1.807) is 7.11 Å². The highest BCUT2D eigenvalue weighted by molar-refractivity contribution is 7.21. The number of aliphatic hydroxyl groups excluding tert-OH is 1. The normalized spacial score (nSPS) is 17.2. The van der Waals surface area contributed by atoms with Crippen LogP contribution in [0, 0.1) is 0 Å². The highest BCUT2D eigenvalue weighted by Crippen LogP contribution is 2.32. The molecule has 2 N–H and O–H groups in total. The van der Waals surface area contributed by atoms with Crippen LogP contribution in [0.1, 0.15) is 12.8 Å². The maximum Gasteiger partial charge on any atom is 0.256 e. The molecule has 1 aliphatic heterocycles. The Labute approximate surface area is 171 Å². The second-order valence-corrected chi connectivity index (χ2v) is 8.41. The molecular weight excluding hydrogens is 386 g/mol. The molecule has 1 aliphatic rings. The molecule has 3 heterocycles. The van der Waals surface area contributed by atoms with E-state index in [1.165, 1.54) is 11.3 Å². The Kier molecular flexibility index (Phi) is 4.49. The molecule has 4 aromatic rings. The molecule has 1 atom stereocenters. The summed E-state index contributed by atoms with van der Waals surface area (Å²) >= 11 is 1.53. The highest BCUT2D eigenvalue weighted by atomic mass is 32.1. The van der Waals surface area contributed by atoms with Gasteiger partial charge in [0.2, 0.25) is 0 Å². The standard InChI is InChI=1S/C22H21N3O3S/c1-28-16-6-7-18-20(11-16)29-22(24-18)19-9-13-4-5-14(10-17(13)21(27)23-19)25-8-2-3-15(26)12-25/h4-7,9-11,15,26H,2-3,8,12H2,1H3,(H,23,27). The molecule has 2 aromatic carbocycles. The van der Waals surface area contributed by atoms with Gasteiger partial charge < -0.3 is 19.7 Å². The Morgan fingerprint density at radius 3 is 2.97 bits per heavy atom. The van der Waals surface area contributed by atoms with E-state index in [-0.39, 0.29) is 11.7 Å². The first-order chi connectivity index (χ1) is 14.1. The van der Waals surface area contributed by atoms with Gasteiger partial charge in [-0.2, -0.15) is 0 Å². The molecule has 1 fully saturated rings. The summed E-state index contributed by atoms with van der Waals surface area (Å²) in [4.78, 5) is 22.6. The number of aromatic nitrogens is 2. The summed E-state index contributed by atoms with van der Waals surface area (Å²) in [6, 6.07) is 13.6. The molecule has 5 rings (SSSR count). The molecule has 1 saturated heterocycles. The van der Waals surface area contributed by atoms with Gasteiger partial charge in [-0.25, -0.2) is 4.98 Å². The topological polar surface area (TPSA) is 78.5 Å². The van der Waals surface area contributed by atoms with Crippen molar-refractivity contribution in [2.45, 2.75) is 18.9 Å². The van der Waals surface area contributed by atoms with Gasteiger partial charge in [-0.05, 0) is 54.6 Å². The molecule has 0 amide bonds. The van der Waals surface area contributed by atoms with E-state index in [4.69, 9.17) is 4.74 Å². The van der Waals surface area contributed by atoms with Gasteiger partial charge in [0, 0.05) is 24.2 Å². The average Bonchev–Trinajstić information content (AvgIpc) is 3.17. The number of anilines is 1. The molecule has 2 aromatic heterocycles. The minimum Gasteiger partial charge on any atom is -0.497 e. The van der Waals surface area contributed by atoms with Crippen molar-refractivity contribution in [2.75, 3.05) is 25.1 Å². The van der Waals surface area contributed by atoms with Crippen molar-refractivity contribution in [1.82, 2.24) is 9.97 Å². The lowest BCUT2D eigenvalue weighted by molar-refractivity contribution is 0.154. The number of hydrogen-bond acceptors (Lipinski definition) is 6. The number of thiazole rings is 1. The van der Waals surface area contributed by atoms with Crippen molar-refractivity contribution < 1.29 is 9.84 Å². The van der Waals surface area contributed by atoms with Crippen molar-refractivity contribution in [3.63, 3.8) is 0 Å². The summed E-state index contributed by atoms with van der Waals surface area (Å²) in [5.41, 5.74) is 2.44. The average molecular weight is 407 g/mol. The van der Waals surface area contributed by atoms with Crippen LogP contribution in [-0.2, 0) is 0 Å². The Balaban J connectivity index is 1.55. The van der Waals surface area contributed by atoms with E-state index in [9.17, 15) is 9.90 Å². The van der Waals surface area contributed by atoms with Gasteiger partial charge in [-0.3, -0.25) is 4.79 Å². The van der Waals surface area contributed by atoms with Gasteiger partial charge in [0.25, 0.3) is 5.56 Å². The molecule has 29 heavy (non-hydrogen) atoms. The number of rotatable bonds is 3. The minimum atomic E-state index is -0.308. The van der Waals surface area contributed by atoms with Crippen molar-refractivity contribution >= 4 is 38.0 Å². The lowest BCUT2D eigenvalue weighted by atomic mass is 10.1. The first kappa shape index (κ1) is 18.1. The third-order valence-corrected chi connectivity index (χ3v) is 6.47. The largest absolute Gasteiger partial charge is 0.497 e.